The molecule has 216 valence electrons. The number of carbonyl (C=O) groups is 1. The van der Waals surface area contributed by atoms with Crippen molar-refractivity contribution in [1.29, 1.82) is 0 Å². The Hall–Kier alpha value is -3.95. The second-order valence-electron chi connectivity index (χ2n) is 9.89. The molecule has 1 aromatic heterocycles. The maximum atomic E-state index is 11.8. The minimum absolute atomic E-state index is 0.00885. The number of thioether (sulfide) groups is 1. The fourth-order valence-electron chi connectivity index (χ4n) is 4.69. The largest absolute Gasteiger partial charge is 0.445 e. The van der Waals surface area contributed by atoms with Gasteiger partial charge in [-0.15, -0.1) is 11.8 Å². The van der Waals surface area contributed by atoms with Crippen LogP contribution in [0.15, 0.2) is 115 Å². The summed E-state index contributed by atoms with van der Waals surface area (Å²) in [5.41, 5.74) is 5.91. The van der Waals surface area contributed by atoms with Crippen LogP contribution in [0.3, 0.4) is 0 Å². The number of hydrogen-bond acceptors (Lipinski definition) is 7. The van der Waals surface area contributed by atoms with Crippen LogP contribution in [-0.2, 0) is 27.4 Å². The van der Waals surface area contributed by atoms with Crippen molar-refractivity contribution in [3.05, 3.63) is 132 Å². The van der Waals surface area contributed by atoms with Crippen LogP contribution in [0.25, 0.3) is 11.1 Å². The summed E-state index contributed by atoms with van der Waals surface area (Å²) < 4.78 is 17.9. The summed E-state index contributed by atoms with van der Waals surface area (Å²) in [6.07, 6.45) is 2.86. The molecule has 1 fully saturated rings. The van der Waals surface area contributed by atoms with Crippen LogP contribution in [0, 0.1) is 0 Å². The molecule has 3 aromatic carbocycles. The second kappa shape index (κ2) is 14.8. The summed E-state index contributed by atoms with van der Waals surface area (Å²) in [6.45, 7) is 4.10. The zero-order chi connectivity index (χ0) is 29.1. The van der Waals surface area contributed by atoms with Gasteiger partial charge < -0.3 is 24.6 Å². The van der Waals surface area contributed by atoms with E-state index < -0.39 is 12.4 Å². The van der Waals surface area contributed by atoms with E-state index in [1.54, 1.807) is 18.0 Å². The molecule has 0 saturated carbocycles. The topological polar surface area (TPSA) is 89.9 Å². The fourth-order valence-corrected chi connectivity index (χ4v) is 5.57. The standard InChI is InChI=1S/C34H34N2O5S/c1-2-18-39-34(38)36-21-25-6-5-7-29(19-25)26-13-15-28(16-14-26)33-40-30(23-42-32-8-3-4-17-35-32)20-31(41-33)27-11-9-24(22-37)10-12-27/h2-17,19,30-31,33,37H,1,18,20-23H2,(H,36,38). The smallest absolute Gasteiger partial charge is 0.407 e. The van der Waals surface area contributed by atoms with Crippen LogP contribution < -0.4 is 5.32 Å². The van der Waals surface area contributed by atoms with E-state index in [1.165, 1.54) is 6.08 Å². The van der Waals surface area contributed by atoms with E-state index in [0.717, 1.165) is 50.6 Å². The maximum absolute atomic E-state index is 11.8. The highest BCUT2D eigenvalue weighted by atomic mass is 32.2. The van der Waals surface area contributed by atoms with Crippen LogP contribution in [0.4, 0.5) is 4.79 Å². The number of alkyl carbamates (subject to hydrolysis) is 1. The fraction of sp³-hybridized carbons (Fsp3) is 0.235. The van der Waals surface area contributed by atoms with Crippen LogP contribution in [0.5, 0.6) is 0 Å². The first-order valence-corrected chi connectivity index (χ1v) is 14.8. The molecule has 1 saturated heterocycles. The molecule has 2 N–H and O–H groups in total. The molecule has 1 aliphatic heterocycles. The van der Waals surface area contributed by atoms with E-state index in [0.29, 0.717) is 6.54 Å². The number of benzene rings is 3. The SMILES string of the molecule is C=CCOC(=O)NCc1cccc(-c2ccc(C3OC(CSc4ccccn4)CC(c4ccc(CO)cc4)O3)cc2)c1. The number of carbonyl (C=O) groups excluding carboxylic acids is 1. The van der Waals surface area contributed by atoms with Gasteiger partial charge >= 0.3 is 6.09 Å². The number of nitrogens with one attached hydrogen (secondary N) is 1. The molecule has 7 nitrogen and oxygen atoms in total. The lowest BCUT2D eigenvalue weighted by Gasteiger charge is -2.36. The van der Waals surface area contributed by atoms with Crippen LogP contribution in [0.2, 0.25) is 0 Å². The number of aliphatic hydroxyl groups is 1. The van der Waals surface area contributed by atoms with Gasteiger partial charge in [0.1, 0.15) is 6.61 Å². The zero-order valence-corrected chi connectivity index (χ0v) is 24.0. The van der Waals surface area contributed by atoms with E-state index in [1.807, 2.05) is 78.9 Å². The monoisotopic (exact) mass is 582 g/mol. The highest BCUT2D eigenvalue weighted by Crippen LogP contribution is 2.39. The van der Waals surface area contributed by atoms with Crippen molar-refractivity contribution in [2.75, 3.05) is 12.4 Å². The summed E-state index contributed by atoms with van der Waals surface area (Å²) in [6, 6.07) is 30.0. The Kier molecular flexibility index (Phi) is 10.4. The second-order valence-corrected chi connectivity index (χ2v) is 10.9. The van der Waals surface area contributed by atoms with Crippen molar-refractivity contribution in [1.82, 2.24) is 10.3 Å². The molecule has 42 heavy (non-hydrogen) atoms. The number of rotatable bonds is 11. The summed E-state index contributed by atoms with van der Waals surface area (Å²) in [4.78, 5) is 16.2. The van der Waals surface area contributed by atoms with Crippen LogP contribution >= 0.6 is 11.8 Å². The third-order valence-electron chi connectivity index (χ3n) is 6.88. The van der Waals surface area contributed by atoms with Gasteiger partial charge in [0.25, 0.3) is 0 Å². The minimum Gasteiger partial charge on any atom is -0.445 e. The average molecular weight is 583 g/mol. The third-order valence-corrected chi connectivity index (χ3v) is 7.96. The molecule has 2 heterocycles. The molecule has 0 aliphatic carbocycles. The van der Waals surface area contributed by atoms with Crippen LogP contribution in [0.1, 0.15) is 41.1 Å². The predicted molar refractivity (Wildman–Crippen MR) is 164 cm³/mol. The van der Waals surface area contributed by atoms with Gasteiger partial charge in [0, 0.05) is 30.5 Å². The van der Waals surface area contributed by atoms with Gasteiger partial charge in [0.2, 0.25) is 0 Å². The Bertz CT molecular complexity index is 1450. The molecular weight excluding hydrogens is 548 g/mol. The van der Waals surface area contributed by atoms with Crippen molar-refractivity contribution >= 4 is 17.9 Å². The van der Waals surface area contributed by atoms with Gasteiger partial charge in [-0.25, -0.2) is 9.78 Å². The maximum Gasteiger partial charge on any atom is 0.407 e. The van der Waals surface area contributed by atoms with Gasteiger partial charge in [-0.05, 0) is 46.0 Å². The molecular formula is C34H34N2O5S. The van der Waals surface area contributed by atoms with Gasteiger partial charge in [0.15, 0.2) is 6.29 Å². The van der Waals surface area contributed by atoms with E-state index in [9.17, 15) is 9.90 Å². The highest BCUT2D eigenvalue weighted by molar-refractivity contribution is 7.99. The number of aromatic nitrogens is 1. The first kappa shape index (κ1) is 29.5. The molecule has 8 heteroatoms. The first-order valence-electron chi connectivity index (χ1n) is 13.9. The molecule has 1 aliphatic rings. The molecule has 0 bridgehead atoms. The Morgan fingerprint density at radius 3 is 2.52 bits per heavy atom. The number of pyridine rings is 1. The molecule has 1 amide bonds. The molecule has 3 atom stereocenters. The van der Waals surface area contributed by atoms with Crippen molar-refractivity contribution in [2.45, 2.75) is 43.1 Å². The number of aliphatic hydroxyl groups excluding tert-OH is 1. The summed E-state index contributed by atoms with van der Waals surface area (Å²) in [7, 11) is 0. The third kappa shape index (κ3) is 8.08. The van der Waals surface area contributed by atoms with Crippen molar-refractivity contribution < 1.29 is 24.1 Å². The van der Waals surface area contributed by atoms with Crippen molar-refractivity contribution in [2.24, 2.45) is 0 Å². The van der Waals surface area contributed by atoms with Gasteiger partial charge in [-0.1, -0.05) is 85.5 Å². The van der Waals surface area contributed by atoms with Gasteiger partial charge in [0.05, 0.1) is 23.8 Å². The lowest BCUT2D eigenvalue weighted by molar-refractivity contribution is -0.245. The lowest BCUT2D eigenvalue weighted by atomic mass is 9.99. The quantitative estimate of drug-likeness (QED) is 0.146. The molecule has 3 unspecified atom stereocenters. The van der Waals surface area contributed by atoms with E-state index in [2.05, 4.69) is 29.0 Å². The lowest BCUT2D eigenvalue weighted by Crippen LogP contribution is -2.31. The van der Waals surface area contributed by atoms with Crippen molar-refractivity contribution in [3.8, 4) is 11.1 Å². The van der Waals surface area contributed by atoms with Crippen LogP contribution in [-0.4, -0.2) is 34.6 Å². The zero-order valence-electron chi connectivity index (χ0n) is 23.2. The summed E-state index contributed by atoms with van der Waals surface area (Å²) in [5, 5.41) is 13.2. The Morgan fingerprint density at radius 1 is 0.976 bits per heavy atom. The minimum atomic E-state index is -0.526. The Balaban J connectivity index is 1.29. The molecule has 5 rings (SSSR count). The Morgan fingerprint density at radius 2 is 1.79 bits per heavy atom. The summed E-state index contributed by atoms with van der Waals surface area (Å²) in [5.74, 6) is 0.752. The average Bonchev–Trinajstić information content (AvgIpc) is 3.06. The molecule has 0 radical (unpaired) electrons. The number of hydrogen-bond donors (Lipinski definition) is 2. The van der Waals surface area contributed by atoms with Gasteiger partial charge in [-0.2, -0.15) is 0 Å². The number of amides is 1. The Labute approximate surface area is 250 Å². The van der Waals surface area contributed by atoms with E-state index in [-0.39, 0.29) is 25.4 Å². The normalized spacial score (nSPS) is 18.3. The van der Waals surface area contributed by atoms with Crippen molar-refractivity contribution in [3.63, 3.8) is 0 Å². The number of nitrogens with zero attached hydrogens (tertiary/aromatic N) is 1. The first-order chi connectivity index (χ1) is 20.6. The molecule has 0 spiro atoms. The highest BCUT2D eigenvalue weighted by Gasteiger charge is 2.32. The predicted octanol–water partition coefficient (Wildman–Crippen LogP) is 6.99. The van der Waals surface area contributed by atoms with E-state index >= 15 is 0 Å². The molecule has 4 aromatic rings. The van der Waals surface area contributed by atoms with Gasteiger partial charge in [-0.3, -0.25) is 0 Å². The number of ether oxygens (including phenoxy) is 3. The summed E-state index contributed by atoms with van der Waals surface area (Å²) >= 11 is 1.67. The van der Waals surface area contributed by atoms with E-state index in [4.69, 9.17) is 14.2 Å².